The van der Waals surface area contributed by atoms with E-state index in [9.17, 15) is 4.79 Å². The molecule has 6 heteroatoms. The van der Waals surface area contributed by atoms with Gasteiger partial charge in [0.1, 0.15) is 5.75 Å². The summed E-state index contributed by atoms with van der Waals surface area (Å²) in [5.74, 6) is -0.0646. The van der Waals surface area contributed by atoms with Crippen molar-refractivity contribution in [3.05, 3.63) is 62.7 Å². The number of nitrogens with one attached hydrogen (secondary N) is 1. The van der Waals surface area contributed by atoms with Gasteiger partial charge in [-0.05, 0) is 67.6 Å². The Morgan fingerprint density at radius 2 is 1.84 bits per heavy atom. The normalized spacial score (nSPS) is 11.0. The van der Waals surface area contributed by atoms with Crippen molar-refractivity contribution in [3.63, 3.8) is 0 Å². The zero-order valence-corrected chi connectivity index (χ0v) is 16.6. The number of H-pyrrole nitrogens is 1. The van der Waals surface area contributed by atoms with Crippen LogP contribution in [0.4, 0.5) is 0 Å². The van der Waals surface area contributed by atoms with Crippen molar-refractivity contribution in [1.82, 2.24) is 4.98 Å². The number of aromatic amines is 1. The maximum atomic E-state index is 10.7. The van der Waals surface area contributed by atoms with Crippen molar-refractivity contribution < 1.29 is 14.6 Å². The maximum absolute atomic E-state index is 10.7. The van der Waals surface area contributed by atoms with Crippen molar-refractivity contribution >= 4 is 48.7 Å². The number of aliphatic carboxylic acids is 1. The lowest BCUT2D eigenvalue weighted by molar-refractivity contribution is -0.136. The summed E-state index contributed by atoms with van der Waals surface area (Å²) in [6, 6.07) is 12.0. The summed E-state index contributed by atoms with van der Waals surface area (Å²) in [7, 11) is 0. The molecule has 0 aliphatic heterocycles. The molecule has 4 nitrogen and oxygen atoms in total. The summed E-state index contributed by atoms with van der Waals surface area (Å²) in [5, 5.41) is 10.0. The number of hydrogen-bond acceptors (Lipinski definition) is 2. The highest BCUT2D eigenvalue weighted by atomic mass is 79.9. The van der Waals surface area contributed by atoms with Crippen molar-refractivity contribution in [2.45, 2.75) is 19.3 Å². The summed E-state index contributed by atoms with van der Waals surface area (Å²) in [6.45, 7) is 0.549. The average Bonchev–Trinajstić information content (AvgIpc) is 2.99. The molecule has 3 rings (SSSR count). The number of para-hydroxylation sites is 1. The van der Waals surface area contributed by atoms with Crippen LogP contribution in [0.25, 0.3) is 10.9 Å². The molecular formula is C19H17Br2NO3. The SMILES string of the molecule is O=C(O)CCc1cc(Br)c(OCCc2c[nH]c3ccccc23)c(Br)c1. The molecule has 0 spiro atoms. The largest absolute Gasteiger partial charge is 0.491 e. The number of fused-ring (bicyclic) bond motifs is 1. The number of carbonyl (C=O) groups is 1. The number of aryl methyl sites for hydroxylation is 1. The lowest BCUT2D eigenvalue weighted by atomic mass is 10.1. The zero-order chi connectivity index (χ0) is 17.8. The number of hydrogen-bond donors (Lipinski definition) is 2. The van der Waals surface area contributed by atoms with E-state index in [2.05, 4.69) is 49.0 Å². The molecule has 0 saturated carbocycles. The molecule has 0 fully saturated rings. The van der Waals surface area contributed by atoms with Gasteiger partial charge < -0.3 is 14.8 Å². The second kappa shape index (κ2) is 8.06. The number of carboxylic acid groups (broad SMARTS) is 1. The zero-order valence-electron chi connectivity index (χ0n) is 13.4. The average molecular weight is 467 g/mol. The van der Waals surface area contributed by atoms with Gasteiger partial charge in [0.2, 0.25) is 0 Å². The van der Waals surface area contributed by atoms with E-state index in [4.69, 9.17) is 9.84 Å². The smallest absolute Gasteiger partial charge is 0.303 e. The highest BCUT2D eigenvalue weighted by Gasteiger charge is 2.11. The predicted molar refractivity (Wildman–Crippen MR) is 105 cm³/mol. The van der Waals surface area contributed by atoms with E-state index in [0.29, 0.717) is 13.0 Å². The first-order chi connectivity index (χ1) is 12.0. The van der Waals surface area contributed by atoms with E-state index in [-0.39, 0.29) is 6.42 Å². The van der Waals surface area contributed by atoms with Gasteiger partial charge in [0.05, 0.1) is 15.6 Å². The summed E-state index contributed by atoms with van der Waals surface area (Å²) in [6.07, 6.45) is 3.42. The second-order valence-corrected chi connectivity index (χ2v) is 7.45. The van der Waals surface area contributed by atoms with E-state index in [0.717, 1.165) is 32.2 Å². The Hall–Kier alpha value is -1.79. The van der Waals surface area contributed by atoms with Crippen molar-refractivity contribution in [2.24, 2.45) is 0 Å². The molecule has 130 valence electrons. The molecule has 0 unspecified atom stereocenters. The van der Waals surface area contributed by atoms with Gasteiger partial charge >= 0.3 is 5.97 Å². The Bertz CT molecular complexity index is 882. The van der Waals surface area contributed by atoms with Gasteiger partial charge in [-0.1, -0.05) is 18.2 Å². The fourth-order valence-corrected chi connectivity index (χ4v) is 4.26. The van der Waals surface area contributed by atoms with Crippen molar-refractivity contribution in [2.75, 3.05) is 6.61 Å². The molecule has 2 aromatic carbocycles. The Kier molecular flexibility index (Phi) is 5.81. The molecule has 25 heavy (non-hydrogen) atoms. The minimum Gasteiger partial charge on any atom is -0.491 e. The van der Waals surface area contributed by atoms with Crippen LogP contribution >= 0.6 is 31.9 Å². The Morgan fingerprint density at radius 3 is 2.56 bits per heavy atom. The monoisotopic (exact) mass is 465 g/mol. The molecule has 0 atom stereocenters. The first kappa shape index (κ1) is 18.0. The standard InChI is InChI=1S/C19H17Br2NO3/c20-15-9-12(5-6-18(23)24)10-16(21)19(15)25-8-7-13-11-22-17-4-2-1-3-14(13)17/h1-4,9-11,22H,5-8H2,(H,23,24). The molecule has 1 aromatic heterocycles. The Labute approximate surface area is 162 Å². The molecule has 1 heterocycles. The number of halogens is 2. The summed E-state index contributed by atoms with van der Waals surface area (Å²) < 4.78 is 7.59. The van der Waals surface area contributed by atoms with Gasteiger partial charge in [0, 0.05) is 29.9 Å². The third kappa shape index (κ3) is 4.44. The van der Waals surface area contributed by atoms with E-state index >= 15 is 0 Å². The van der Waals surface area contributed by atoms with Crippen LogP contribution in [0.15, 0.2) is 51.5 Å². The summed E-state index contributed by atoms with van der Waals surface area (Å²) >= 11 is 7.03. The highest BCUT2D eigenvalue weighted by Crippen LogP contribution is 2.35. The lowest BCUT2D eigenvalue weighted by Crippen LogP contribution is -2.03. The molecule has 3 aromatic rings. The Morgan fingerprint density at radius 1 is 1.12 bits per heavy atom. The van der Waals surface area contributed by atoms with E-state index in [1.807, 2.05) is 30.5 Å². The van der Waals surface area contributed by atoms with Gasteiger partial charge in [-0.3, -0.25) is 4.79 Å². The summed E-state index contributed by atoms with van der Waals surface area (Å²) in [5.41, 5.74) is 3.30. The van der Waals surface area contributed by atoms with Crippen LogP contribution in [-0.2, 0) is 17.6 Å². The predicted octanol–water partition coefficient (Wildman–Crippen LogP) is 5.33. The fraction of sp³-hybridized carbons (Fsp3) is 0.211. The number of carboxylic acids is 1. The van der Waals surface area contributed by atoms with Crippen LogP contribution in [0.3, 0.4) is 0 Å². The number of aromatic nitrogens is 1. The van der Waals surface area contributed by atoms with Crippen LogP contribution in [-0.4, -0.2) is 22.7 Å². The number of ether oxygens (including phenoxy) is 1. The molecular weight excluding hydrogens is 450 g/mol. The quantitative estimate of drug-likeness (QED) is 0.494. The molecule has 0 radical (unpaired) electrons. The Balaban J connectivity index is 1.65. The van der Waals surface area contributed by atoms with Gasteiger partial charge in [0.25, 0.3) is 0 Å². The summed E-state index contributed by atoms with van der Waals surface area (Å²) in [4.78, 5) is 14.0. The van der Waals surface area contributed by atoms with Crippen LogP contribution in [0.5, 0.6) is 5.75 Å². The minimum atomic E-state index is -0.800. The van der Waals surface area contributed by atoms with Gasteiger partial charge in [-0.2, -0.15) is 0 Å². The topological polar surface area (TPSA) is 62.3 Å². The van der Waals surface area contributed by atoms with Crippen LogP contribution < -0.4 is 4.74 Å². The lowest BCUT2D eigenvalue weighted by Gasteiger charge is -2.12. The van der Waals surface area contributed by atoms with Gasteiger partial charge in [-0.15, -0.1) is 0 Å². The van der Waals surface area contributed by atoms with E-state index in [1.54, 1.807) is 0 Å². The molecule has 0 bridgehead atoms. The van der Waals surface area contributed by atoms with Gasteiger partial charge in [-0.25, -0.2) is 0 Å². The molecule has 0 saturated heterocycles. The first-order valence-corrected chi connectivity index (χ1v) is 9.50. The number of benzene rings is 2. The molecule has 0 aliphatic rings. The second-order valence-electron chi connectivity index (χ2n) is 5.74. The van der Waals surface area contributed by atoms with Crippen LogP contribution in [0.2, 0.25) is 0 Å². The number of rotatable bonds is 7. The molecule has 2 N–H and O–H groups in total. The van der Waals surface area contributed by atoms with Crippen molar-refractivity contribution in [3.8, 4) is 5.75 Å². The fourth-order valence-electron chi connectivity index (χ4n) is 2.75. The van der Waals surface area contributed by atoms with Gasteiger partial charge in [0.15, 0.2) is 0 Å². The molecule has 0 aliphatic carbocycles. The first-order valence-electron chi connectivity index (χ1n) is 7.92. The van der Waals surface area contributed by atoms with E-state index in [1.165, 1.54) is 10.9 Å². The van der Waals surface area contributed by atoms with E-state index < -0.39 is 5.97 Å². The minimum absolute atomic E-state index is 0.111. The third-order valence-corrected chi connectivity index (χ3v) is 5.16. The molecule has 0 amide bonds. The third-order valence-electron chi connectivity index (χ3n) is 3.98. The van der Waals surface area contributed by atoms with Crippen molar-refractivity contribution in [1.29, 1.82) is 0 Å². The van der Waals surface area contributed by atoms with Crippen LogP contribution in [0.1, 0.15) is 17.5 Å². The maximum Gasteiger partial charge on any atom is 0.303 e. The highest BCUT2D eigenvalue weighted by molar-refractivity contribution is 9.11. The van der Waals surface area contributed by atoms with Crippen LogP contribution in [0, 0.1) is 0 Å².